The van der Waals surface area contributed by atoms with Gasteiger partial charge in [0.15, 0.2) is 0 Å². The number of hydrogen-bond acceptors (Lipinski definition) is 5. The van der Waals surface area contributed by atoms with Crippen LogP contribution in [0.4, 0.5) is 14.5 Å². The molecule has 10 heteroatoms. The summed E-state index contributed by atoms with van der Waals surface area (Å²) < 4.78 is 49.5. The summed E-state index contributed by atoms with van der Waals surface area (Å²) in [4.78, 5) is 8.91. The van der Waals surface area contributed by atoms with Gasteiger partial charge in [-0.15, -0.1) is 0 Å². The van der Waals surface area contributed by atoms with Gasteiger partial charge in [0.05, 0.1) is 9.82 Å². The van der Waals surface area contributed by atoms with Gasteiger partial charge in [-0.1, -0.05) is 0 Å². The molecule has 0 heterocycles. The molecule has 94 valence electrons. The number of nitro benzene ring substituents is 1. The Labute approximate surface area is 94.0 Å². The second kappa shape index (κ2) is 4.59. The third kappa shape index (κ3) is 3.32. The van der Waals surface area contributed by atoms with E-state index in [9.17, 15) is 27.3 Å². The first-order valence-electron chi connectivity index (χ1n) is 3.98. The highest BCUT2D eigenvalue weighted by Crippen LogP contribution is 2.30. The lowest BCUT2D eigenvalue weighted by molar-refractivity contribution is -0.386. The molecule has 0 aliphatic rings. The minimum absolute atomic E-state index is 0.549. The Hall–Kier alpha value is -1.81. The molecular formula is C7H6F2N2O5S. The van der Waals surface area contributed by atoms with E-state index >= 15 is 0 Å². The lowest BCUT2D eigenvalue weighted by Crippen LogP contribution is -2.13. The first kappa shape index (κ1) is 13.3. The SMILES string of the molecule is NS(=O)(=O)c1ccc(OC(F)F)c([N+](=O)[O-])c1. The van der Waals surface area contributed by atoms with Crippen molar-refractivity contribution in [2.75, 3.05) is 0 Å². The summed E-state index contributed by atoms with van der Waals surface area (Å²) in [5.74, 6) is -0.739. The average molecular weight is 268 g/mol. The molecule has 0 saturated carbocycles. The van der Waals surface area contributed by atoms with Crippen molar-refractivity contribution in [2.24, 2.45) is 5.14 Å². The third-order valence-electron chi connectivity index (χ3n) is 1.67. The number of halogens is 2. The molecule has 1 rings (SSSR count). The maximum absolute atomic E-state index is 11.9. The van der Waals surface area contributed by atoms with E-state index in [1.54, 1.807) is 0 Å². The van der Waals surface area contributed by atoms with Gasteiger partial charge in [0.25, 0.3) is 0 Å². The van der Waals surface area contributed by atoms with Crippen LogP contribution in [0.1, 0.15) is 0 Å². The molecule has 0 bridgehead atoms. The van der Waals surface area contributed by atoms with Gasteiger partial charge in [-0.25, -0.2) is 13.6 Å². The number of rotatable bonds is 4. The van der Waals surface area contributed by atoms with Crippen molar-refractivity contribution in [3.05, 3.63) is 28.3 Å². The number of nitrogens with two attached hydrogens (primary N) is 1. The molecule has 1 aromatic carbocycles. The molecule has 0 radical (unpaired) electrons. The summed E-state index contributed by atoms with van der Waals surface area (Å²) in [6.07, 6.45) is 0. The molecular weight excluding hydrogens is 262 g/mol. The zero-order valence-electron chi connectivity index (χ0n) is 8.04. The maximum atomic E-state index is 11.9. The summed E-state index contributed by atoms with van der Waals surface area (Å²) in [5, 5.41) is 15.3. The number of ether oxygens (including phenoxy) is 1. The molecule has 17 heavy (non-hydrogen) atoms. The highest BCUT2D eigenvalue weighted by atomic mass is 32.2. The molecule has 0 fully saturated rings. The Kier molecular flexibility index (Phi) is 3.58. The number of sulfonamides is 1. The van der Waals surface area contributed by atoms with Gasteiger partial charge in [0, 0.05) is 6.07 Å². The van der Waals surface area contributed by atoms with Gasteiger partial charge >= 0.3 is 12.3 Å². The van der Waals surface area contributed by atoms with E-state index in [0.29, 0.717) is 6.07 Å². The predicted octanol–water partition coefficient (Wildman–Crippen LogP) is 0.844. The highest BCUT2D eigenvalue weighted by molar-refractivity contribution is 7.89. The maximum Gasteiger partial charge on any atom is 0.387 e. The number of benzene rings is 1. The van der Waals surface area contributed by atoms with E-state index in [1.807, 2.05) is 0 Å². The minimum Gasteiger partial charge on any atom is -0.427 e. The van der Waals surface area contributed by atoms with Crippen molar-refractivity contribution < 1.29 is 26.9 Å². The van der Waals surface area contributed by atoms with Crippen molar-refractivity contribution in [3.63, 3.8) is 0 Å². The molecule has 7 nitrogen and oxygen atoms in total. The minimum atomic E-state index is -4.15. The standard InChI is InChI=1S/C7H6F2N2O5S/c8-7(9)16-6-2-1-4(17(10,14)15)3-5(6)11(12)13/h1-3,7H,(H2,10,14,15). The van der Waals surface area contributed by atoms with Crippen LogP contribution in [0.3, 0.4) is 0 Å². The summed E-state index contributed by atoms with van der Waals surface area (Å²) in [7, 11) is -4.15. The van der Waals surface area contributed by atoms with Crippen molar-refractivity contribution in [1.29, 1.82) is 0 Å². The van der Waals surface area contributed by atoms with E-state index in [-0.39, 0.29) is 0 Å². The summed E-state index contributed by atoms with van der Waals surface area (Å²) in [6.45, 7) is -3.26. The number of alkyl halides is 2. The Balaban J connectivity index is 3.32. The van der Waals surface area contributed by atoms with E-state index in [0.717, 1.165) is 12.1 Å². The molecule has 0 atom stereocenters. The lowest BCUT2D eigenvalue weighted by atomic mass is 10.3. The van der Waals surface area contributed by atoms with Crippen LogP contribution in [0.15, 0.2) is 23.1 Å². The first-order valence-corrected chi connectivity index (χ1v) is 5.52. The molecule has 0 aromatic heterocycles. The second-order valence-electron chi connectivity index (χ2n) is 2.81. The van der Waals surface area contributed by atoms with Crippen LogP contribution in [0.5, 0.6) is 5.75 Å². The van der Waals surface area contributed by atoms with Gasteiger partial charge in [-0.05, 0) is 12.1 Å². The molecule has 0 unspecified atom stereocenters. The monoisotopic (exact) mass is 268 g/mol. The Bertz CT molecular complexity index is 545. The highest BCUT2D eigenvalue weighted by Gasteiger charge is 2.22. The van der Waals surface area contributed by atoms with Gasteiger partial charge in [-0.3, -0.25) is 10.1 Å². The predicted molar refractivity (Wildman–Crippen MR) is 51.1 cm³/mol. The van der Waals surface area contributed by atoms with E-state index in [4.69, 9.17) is 5.14 Å². The topological polar surface area (TPSA) is 113 Å². The van der Waals surface area contributed by atoms with E-state index < -0.39 is 37.9 Å². The van der Waals surface area contributed by atoms with Gasteiger partial charge < -0.3 is 4.74 Å². The van der Waals surface area contributed by atoms with Crippen LogP contribution >= 0.6 is 0 Å². The molecule has 0 aliphatic carbocycles. The normalized spacial score (nSPS) is 11.5. The Morgan fingerprint density at radius 2 is 2.00 bits per heavy atom. The van der Waals surface area contributed by atoms with Crippen LogP contribution in [-0.2, 0) is 10.0 Å². The first-order chi connectivity index (χ1) is 7.71. The van der Waals surface area contributed by atoms with Crippen LogP contribution in [0.2, 0.25) is 0 Å². The molecule has 0 saturated heterocycles. The molecule has 1 aromatic rings. The molecule has 0 amide bonds. The van der Waals surface area contributed by atoms with Crippen LogP contribution in [-0.4, -0.2) is 20.0 Å². The Morgan fingerprint density at radius 1 is 1.41 bits per heavy atom. The Morgan fingerprint density at radius 3 is 2.41 bits per heavy atom. The van der Waals surface area contributed by atoms with Crippen molar-refractivity contribution in [3.8, 4) is 5.75 Å². The van der Waals surface area contributed by atoms with E-state index in [2.05, 4.69) is 4.74 Å². The van der Waals surface area contributed by atoms with Gasteiger partial charge in [0.2, 0.25) is 15.8 Å². The van der Waals surface area contributed by atoms with Crippen molar-refractivity contribution >= 4 is 15.7 Å². The zero-order valence-corrected chi connectivity index (χ0v) is 8.86. The molecule has 0 aliphatic heterocycles. The second-order valence-corrected chi connectivity index (χ2v) is 4.37. The van der Waals surface area contributed by atoms with Crippen LogP contribution in [0, 0.1) is 10.1 Å². The fourth-order valence-corrected chi connectivity index (χ4v) is 1.55. The number of hydrogen-bond donors (Lipinski definition) is 1. The number of nitro groups is 1. The summed E-state index contributed by atoms with van der Waals surface area (Å²) in [6, 6.07) is 2.12. The largest absolute Gasteiger partial charge is 0.427 e. The van der Waals surface area contributed by atoms with Crippen LogP contribution in [0.25, 0.3) is 0 Å². The molecule has 0 spiro atoms. The third-order valence-corrected chi connectivity index (χ3v) is 2.58. The smallest absolute Gasteiger partial charge is 0.387 e. The number of nitrogens with zero attached hydrogens (tertiary/aromatic N) is 1. The number of primary sulfonamides is 1. The molecule has 2 N–H and O–H groups in total. The summed E-state index contributed by atoms with van der Waals surface area (Å²) >= 11 is 0. The van der Waals surface area contributed by atoms with Gasteiger partial charge in [-0.2, -0.15) is 8.78 Å². The van der Waals surface area contributed by atoms with Crippen LogP contribution < -0.4 is 9.88 Å². The zero-order chi connectivity index (χ0) is 13.2. The average Bonchev–Trinajstić information content (AvgIpc) is 2.15. The quantitative estimate of drug-likeness (QED) is 0.642. The van der Waals surface area contributed by atoms with E-state index in [1.165, 1.54) is 0 Å². The van der Waals surface area contributed by atoms with Gasteiger partial charge in [0.1, 0.15) is 0 Å². The summed E-state index contributed by atoms with van der Waals surface area (Å²) in [5.41, 5.74) is -0.906. The fraction of sp³-hybridized carbons (Fsp3) is 0.143. The lowest BCUT2D eigenvalue weighted by Gasteiger charge is -2.06. The van der Waals surface area contributed by atoms with Crippen molar-refractivity contribution in [2.45, 2.75) is 11.5 Å². The van der Waals surface area contributed by atoms with Crippen molar-refractivity contribution in [1.82, 2.24) is 0 Å². The fourth-order valence-electron chi connectivity index (χ4n) is 1.01.